The van der Waals surface area contributed by atoms with Gasteiger partial charge >= 0.3 is 0 Å². The topological polar surface area (TPSA) is 43.4 Å². The zero-order chi connectivity index (χ0) is 13.8. The second-order valence-corrected chi connectivity index (χ2v) is 5.32. The first kappa shape index (κ1) is 14.4. The molecule has 0 aliphatic heterocycles. The minimum Gasteiger partial charge on any atom is -0.492 e. The molecule has 18 heavy (non-hydrogen) atoms. The van der Waals surface area contributed by atoms with Gasteiger partial charge in [0.05, 0.1) is 17.7 Å². The fourth-order valence-corrected chi connectivity index (χ4v) is 1.65. The standard InChI is InChI=1S/C15H20O3/c1-5-6-18-14-11(9-16)7-13(15(2,3)4)8-12(14)10-17/h7-10H,5-6H2,1-4H3. The van der Waals surface area contributed by atoms with Crippen molar-refractivity contribution in [3.8, 4) is 5.75 Å². The van der Waals surface area contributed by atoms with Gasteiger partial charge < -0.3 is 4.74 Å². The molecule has 0 heterocycles. The SMILES string of the molecule is CCCOc1c(C=O)cc(C(C)(C)C)cc1C=O. The average Bonchev–Trinajstić information content (AvgIpc) is 2.33. The maximum Gasteiger partial charge on any atom is 0.153 e. The van der Waals surface area contributed by atoms with E-state index in [-0.39, 0.29) is 5.41 Å². The van der Waals surface area contributed by atoms with Gasteiger partial charge in [-0.25, -0.2) is 0 Å². The summed E-state index contributed by atoms with van der Waals surface area (Å²) < 4.78 is 5.50. The van der Waals surface area contributed by atoms with Crippen LogP contribution in [0.3, 0.4) is 0 Å². The lowest BCUT2D eigenvalue weighted by Crippen LogP contribution is -2.13. The summed E-state index contributed by atoms with van der Waals surface area (Å²) in [6, 6.07) is 3.59. The monoisotopic (exact) mass is 248 g/mol. The maximum atomic E-state index is 11.1. The summed E-state index contributed by atoms with van der Waals surface area (Å²) >= 11 is 0. The number of hydrogen-bond donors (Lipinski definition) is 0. The minimum absolute atomic E-state index is 0.112. The summed E-state index contributed by atoms with van der Waals surface area (Å²) in [7, 11) is 0. The quantitative estimate of drug-likeness (QED) is 0.750. The third-order valence-corrected chi connectivity index (χ3v) is 2.72. The molecule has 3 heteroatoms. The van der Waals surface area contributed by atoms with Crippen LogP contribution in [0.4, 0.5) is 0 Å². The smallest absolute Gasteiger partial charge is 0.153 e. The Labute approximate surface area is 108 Å². The Bertz CT molecular complexity index is 413. The average molecular weight is 248 g/mol. The van der Waals surface area contributed by atoms with E-state index in [0.29, 0.717) is 23.5 Å². The summed E-state index contributed by atoms with van der Waals surface area (Å²) in [5, 5.41) is 0. The molecule has 0 spiro atoms. The minimum atomic E-state index is -0.112. The van der Waals surface area contributed by atoms with Gasteiger partial charge in [0, 0.05) is 0 Å². The van der Waals surface area contributed by atoms with Crippen LogP contribution in [0.5, 0.6) is 5.75 Å². The zero-order valence-corrected chi connectivity index (χ0v) is 11.4. The van der Waals surface area contributed by atoms with Gasteiger partial charge in [0.15, 0.2) is 12.6 Å². The van der Waals surface area contributed by atoms with E-state index in [9.17, 15) is 9.59 Å². The first-order chi connectivity index (χ1) is 8.43. The van der Waals surface area contributed by atoms with Crippen molar-refractivity contribution in [1.29, 1.82) is 0 Å². The molecule has 0 atom stereocenters. The van der Waals surface area contributed by atoms with E-state index in [2.05, 4.69) is 0 Å². The predicted molar refractivity (Wildman–Crippen MR) is 71.7 cm³/mol. The van der Waals surface area contributed by atoms with Gasteiger partial charge in [0.1, 0.15) is 5.75 Å². The van der Waals surface area contributed by atoms with E-state index < -0.39 is 0 Å². The van der Waals surface area contributed by atoms with Crippen LogP contribution in [-0.2, 0) is 5.41 Å². The number of hydrogen-bond acceptors (Lipinski definition) is 3. The molecule has 0 aliphatic carbocycles. The van der Waals surface area contributed by atoms with E-state index in [1.807, 2.05) is 27.7 Å². The maximum absolute atomic E-state index is 11.1. The summed E-state index contributed by atoms with van der Waals surface area (Å²) in [6.45, 7) is 8.59. The second-order valence-electron chi connectivity index (χ2n) is 5.32. The van der Waals surface area contributed by atoms with Crippen molar-refractivity contribution in [3.05, 3.63) is 28.8 Å². The molecule has 0 bridgehead atoms. The summed E-state index contributed by atoms with van der Waals surface area (Å²) in [5.74, 6) is 0.398. The third kappa shape index (κ3) is 3.19. The number of rotatable bonds is 5. The van der Waals surface area contributed by atoms with Crippen molar-refractivity contribution < 1.29 is 14.3 Å². The molecular formula is C15H20O3. The highest BCUT2D eigenvalue weighted by atomic mass is 16.5. The van der Waals surface area contributed by atoms with Gasteiger partial charge in [-0.3, -0.25) is 9.59 Å². The van der Waals surface area contributed by atoms with Gasteiger partial charge in [-0.2, -0.15) is 0 Å². The van der Waals surface area contributed by atoms with E-state index in [0.717, 1.165) is 24.6 Å². The molecular weight excluding hydrogens is 228 g/mol. The van der Waals surface area contributed by atoms with Crippen molar-refractivity contribution >= 4 is 12.6 Å². The fraction of sp³-hybridized carbons (Fsp3) is 0.467. The Morgan fingerprint density at radius 2 is 1.61 bits per heavy atom. The van der Waals surface area contributed by atoms with Crippen LogP contribution in [0.15, 0.2) is 12.1 Å². The second kappa shape index (κ2) is 5.80. The molecule has 0 saturated heterocycles. The van der Waals surface area contributed by atoms with Gasteiger partial charge in [0.25, 0.3) is 0 Å². The van der Waals surface area contributed by atoms with E-state index in [1.165, 1.54) is 0 Å². The van der Waals surface area contributed by atoms with E-state index in [4.69, 9.17) is 4.74 Å². The van der Waals surface area contributed by atoms with Crippen LogP contribution in [0.2, 0.25) is 0 Å². The molecule has 0 amide bonds. The van der Waals surface area contributed by atoms with Gasteiger partial charge in [0.2, 0.25) is 0 Å². The van der Waals surface area contributed by atoms with Crippen LogP contribution < -0.4 is 4.74 Å². The molecule has 98 valence electrons. The van der Waals surface area contributed by atoms with E-state index >= 15 is 0 Å². The molecule has 3 nitrogen and oxygen atoms in total. The number of carbonyl (C=O) groups is 2. The third-order valence-electron chi connectivity index (χ3n) is 2.72. The molecule has 0 unspecified atom stereocenters. The lowest BCUT2D eigenvalue weighted by atomic mass is 9.85. The summed E-state index contributed by atoms with van der Waals surface area (Å²) in [6.07, 6.45) is 2.32. The van der Waals surface area contributed by atoms with Crippen LogP contribution in [0, 0.1) is 0 Å². The molecule has 0 aromatic heterocycles. The molecule has 1 aromatic carbocycles. The highest BCUT2D eigenvalue weighted by molar-refractivity contribution is 5.89. The van der Waals surface area contributed by atoms with Crippen LogP contribution >= 0.6 is 0 Å². The van der Waals surface area contributed by atoms with Crippen molar-refractivity contribution in [1.82, 2.24) is 0 Å². The van der Waals surface area contributed by atoms with Crippen LogP contribution in [0.1, 0.15) is 60.4 Å². The molecule has 0 N–H and O–H groups in total. The Balaban J connectivity index is 3.34. The van der Waals surface area contributed by atoms with Crippen LogP contribution in [-0.4, -0.2) is 19.2 Å². The number of ether oxygens (including phenoxy) is 1. The van der Waals surface area contributed by atoms with Crippen molar-refractivity contribution in [2.45, 2.75) is 39.5 Å². The Morgan fingerprint density at radius 1 is 1.11 bits per heavy atom. The number of benzene rings is 1. The molecule has 0 radical (unpaired) electrons. The highest BCUT2D eigenvalue weighted by Crippen LogP contribution is 2.30. The highest BCUT2D eigenvalue weighted by Gasteiger charge is 2.19. The first-order valence-corrected chi connectivity index (χ1v) is 6.15. The lowest BCUT2D eigenvalue weighted by Gasteiger charge is -2.21. The van der Waals surface area contributed by atoms with E-state index in [1.54, 1.807) is 12.1 Å². The summed E-state index contributed by atoms with van der Waals surface area (Å²) in [4.78, 5) is 22.3. The van der Waals surface area contributed by atoms with Gasteiger partial charge in [-0.05, 0) is 29.5 Å². The number of carbonyl (C=O) groups excluding carboxylic acids is 2. The Kier molecular flexibility index (Phi) is 4.65. The summed E-state index contributed by atoms with van der Waals surface area (Å²) in [5.41, 5.74) is 1.73. The fourth-order valence-electron chi connectivity index (χ4n) is 1.65. The first-order valence-electron chi connectivity index (χ1n) is 6.15. The number of aldehydes is 2. The Morgan fingerprint density at radius 3 is 1.94 bits per heavy atom. The van der Waals surface area contributed by atoms with Gasteiger partial charge in [-0.1, -0.05) is 27.7 Å². The molecule has 0 saturated carbocycles. The molecule has 1 rings (SSSR count). The largest absolute Gasteiger partial charge is 0.492 e. The Hall–Kier alpha value is -1.64. The van der Waals surface area contributed by atoms with Crippen molar-refractivity contribution in [2.75, 3.05) is 6.61 Å². The molecule has 0 aliphatic rings. The molecule has 0 fully saturated rings. The lowest BCUT2D eigenvalue weighted by molar-refractivity contribution is 0.111. The molecule has 1 aromatic rings. The zero-order valence-electron chi connectivity index (χ0n) is 11.4. The van der Waals surface area contributed by atoms with Crippen molar-refractivity contribution in [3.63, 3.8) is 0 Å². The predicted octanol–water partition coefficient (Wildman–Crippen LogP) is 3.40. The van der Waals surface area contributed by atoms with Crippen LogP contribution in [0.25, 0.3) is 0 Å². The van der Waals surface area contributed by atoms with Crippen molar-refractivity contribution in [2.24, 2.45) is 0 Å². The normalized spacial score (nSPS) is 11.1. The van der Waals surface area contributed by atoms with Gasteiger partial charge in [-0.15, -0.1) is 0 Å².